The van der Waals surface area contributed by atoms with E-state index in [4.69, 9.17) is 0 Å². The largest absolute Gasteiger partial charge is 0.392 e. The van der Waals surface area contributed by atoms with Crippen LogP contribution in [0.1, 0.15) is 19.8 Å². The number of hydrogen-bond donors (Lipinski definition) is 2. The van der Waals surface area contributed by atoms with E-state index in [0.717, 1.165) is 19.4 Å². The van der Waals surface area contributed by atoms with E-state index in [9.17, 15) is 10.2 Å². The van der Waals surface area contributed by atoms with Gasteiger partial charge in [-0.15, -0.1) is 0 Å². The molecule has 0 amide bonds. The molecule has 0 aliphatic carbocycles. The zero-order chi connectivity index (χ0) is 11.4. The van der Waals surface area contributed by atoms with Crippen LogP contribution in [0.5, 0.6) is 0 Å². The smallest absolute Gasteiger partial charge is 0.0682 e. The number of aliphatic hydroxyl groups is 2. The molecule has 1 aliphatic heterocycles. The first kappa shape index (κ1) is 12.9. The highest BCUT2D eigenvalue weighted by atomic mass is 16.3. The van der Waals surface area contributed by atoms with E-state index in [2.05, 4.69) is 9.80 Å². The fourth-order valence-corrected chi connectivity index (χ4v) is 2.19. The van der Waals surface area contributed by atoms with Crippen LogP contribution in [0.2, 0.25) is 0 Å². The molecule has 0 spiro atoms. The van der Waals surface area contributed by atoms with E-state index in [1.54, 1.807) is 0 Å². The summed E-state index contributed by atoms with van der Waals surface area (Å²) in [5.74, 6) is 0. The Bertz CT molecular complexity index is 187. The average molecular weight is 216 g/mol. The minimum Gasteiger partial charge on any atom is -0.392 e. The lowest BCUT2D eigenvalue weighted by molar-refractivity contribution is 0.0899. The van der Waals surface area contributed by atoms with Gasteiger partial charge in [-0.2, -0.15) is 0 Å². The van der Waals surface area contributed by atoms with Crippen molar-refractivity contribution in [2.24, 2.45) is 0 Å². The third kappa shape index (κ3) is 4.07. The molecule has 1 saturated heterocycles. The zero-order valence-electron chi connectivity index (χ0n) is 10.1. The average Bonchev–Trinajstić information content (AvgIpc) is 2.45. The summed E-state index contributed by atoms with van der Waals surface area (Å²) in [6.07, 6.45) is 1.12. The maximum Gasteiger partial charge on any atom is 0.0682 e. The fourth-order valence-electron chi connectivity index (χ4n) is 2.19. The highest BCUT2D eigenvalue weighted by molar-refractivity contribution is 4.87. The van der Waals surface area contributed by atoms with Crippen LogP contribution in [0.4, 0.5) is 0 Å². The third-order valence-electron chi connectivity index (χ3n) is 3.00. The third-order valence-corrected chi connectivity index (χ3v) is 3.00. The number of aliphatic hydroxyl groups excluding tert-OH is 2. The second-order valence-electron chi connectivity index (χ2n) is 4.82. The van der Waals surface area contributed by atoms with Crippen molar-refractivity contribution < 1.29 is 10.2 Å². The lowest BCUT2D eigenvalue weighted by Crippen LogP contribution is -2.41. The molecule has 0 radical (unpaired) electrons. The molecule has 90 valence electrons. The Kier molecular flexibility index (Phi) is 4.99. The van der Waals surface area contributed by atoms with E-state index >= 15 is 0 Å². The minimum atomic E-state index is -0.264. The molecule has 4 heteroatoms. The predicted molar refractivity (Wildman–Crippen MR) is 60.8 cm³/mol. The van der Waals surface area contributed by atoms with Crippen molar-refractivity contribution in [3.8, 4) is 0 Å². The van der Waals surface area contributed by atoms with E-state index in [1.807, 2.05) is 21.0 Å². The summed E-state index contributed by atoms with van der Waals surface area (Å²) >= 11 is 0. The van der Waals surface area contributed by atoms with Gasteiger partial charge in [0.25, 0.3) is 0 Å². The van der Waals surface area contributed by atoms with Crippen LogP contribution < -0.4 is 0 Å². The predicted octanol–water partition coefficient (Wildman–Crippen LogP) is -0.246. The van der Waals surface area contributed by atoms with Gasteiger partial charge in [-0.25, -0.2) is 0 Å². The van der Waals surface area contributed by atoms with Crippen molar-refractivity contribution >= 4 is 0 Å². The Labute approximate surface area is 92.5 Å². The van der Waals surface area contributed by atoms with Crippen LogP contribution in [-0.4, -0.2) is 72.0 Å². The topological polar surface area (TPSA) is 46.9 Å². The van der Waals surface area contributed by atoms with Crippen molar-refractivity contribution in [2.45, 2.75) is 38.0 Å². The van der Waals surface area contributed by atoms with Gasteiger partial charge in [-0.1, -0.05) is 6.92 Å². The first-order chi connectivity index (χ1) is 7.02. The van der Waals surface area contributed by atoms with Crippen molar-refractivity contribution in [1.82, 2.24) is 9.80 Å². The molecule has 0 saturated carbocycles. The quantitative estimate of drug-likeness (QED) is 0.665. The van der Waals surface area contributed by atoms with Gasteiger partial charge < -0.3 is 15.1 Å². The molecule has 1 aliphatic rings. The molecule has 4 nitrogen and oxygen atoms in total. The number of likely N-dealkylation sites (N-methyl/N-ethyl adjacent to an activating group) is 1. The molecular formula is C11H24N2O2. The van der Waals surface area contributed by atoms with Gasteiger partial charge in [-0.3, -0.25) is 4.90 Å². The van der Waals surface area contributed by atoms with E-state index in [-0.39, 0.29) is 12.2 Å². The van der Waals surface area contributed by atoms with Crippen molar-refractivity contribution in [3.05, 3.63) is 0 Å². The Morgan fingerprint density at radius 3 is 2.67 bits per heavy atom. The minimum absolute atomic E-state index is 0.223. The summed E-state index contributed by atoms with van der Waals surface area (Å²) < 4.78 is 0. The maximum absolute atomic E-state index is 9.63. The van der Waals surface area contributed by atoms with Crippen LogP contribution in [0.15, 0.2) is 0 Å². The molecule has 0 aromatic heterocycles. The Hall–Kier alpha value is -0.160. The summed E-state index contributed by atoms with van der Waals surface area (Å²) in [7, 11) is 4.08. The van der Waals surface area contributed by atoms with Crippen LogP contribution in [0.25, 0.3) is 0 Å². The Morgan fingerprint density at radius 1 is 1.47 bits per heavy atom. The van der Waals surface area contributed by atoms with Gasteiger partial charge in [0.15, 0.2) is 0 Å². The molecule has 0 aromatic rings. The Morgan fingerprint density at radius 2 is 2.13 bits per heavy atom. The SMILES string of the molecule is CCC(O)CN1CC(O)CC1CN(C)C. The first-order valence-electron chi connectivity index (χ1n) is 5.77. The van der Waals surface area contributed by atoms with Crippen LogP contribution in [0, 0.1) is 0 Å². The number of nitrogens with zero attached hydrogens (tertiary/aromatic N) is 2. The van der Waals surface area contributed by atoms with E-state index in [1.165, 1.54) is 0 Å². The van der Waals surface area contributed by atoms with Gasteiger partial charge in [0, 0.05) is 25.7 Å². The molecule has 2 N–H and O–H groups in total. The summed E-state index contributed by atoms with van der Waals surface area (Å²) in [6.45, 7) is 4.33. The summed E-state index contributed by atoms with van der Waals surface area (Å²) in [5.41, 5.74) is 0. The molecule has 0 aromatic carbocycles. The lowest BCUT2D eigenvalue weighted by atomic mass is 10.2. The molecule has 15 heavy (non-hydrogen) atoms. The maximum atomic E-state index is 9.63. The molecule has 1 rings (SSSR count). The van der Waals surface area contributed by atoms with Crippen LogP contribution in [0.3, 0.4) is 0 Å². The van der Waals surface area contributed by atoms with Crippen molar-refractivity contribution in [3.63, 3.8) is 0 Å². The normalized spacial score (nSPS) is 30.0. The zero-order valence-corrected chi connectivity index (χ0v) is 10.1. The number of β-amino-alcohol motifs (C(OH)–C–C–N with tert-alkyl or cyclic N) is 2. The van der Waals surface area contributed by atoms with Gasteiger partial charge in [0.2, 0.25) is 0 Å². The molecular weight excluding hydrogens is 192 g/mol. The molecule has 1 heterocycles. The number of hydrogen-bond acceptors (Lipinski definition) is 4. The monoisotopic (exact) mass is 216 g/mol. The molecule has 1 fully saturated rings. The first-order valence-corrected chi connectivity index (χ1v) is 5.77. The Balaban J connectivity index is 2.45. The second kappa shape index (κ2) is 5.80. The van der Waals surface area contributed by atoms with Crippen LogP contribution in [-0.2, 0) is 0 Å². The van der Waals surface area contributed by atoms with Gasteiger partial charge in [-0.05, 0) is 26.9 Å². The van der Waals surface area contributed by atoms with Gasteiger partial charge in [0.05, 0.1) is 12.2 Å². The second-order valence-corrected chi connectivity index (χ2v) is 4.82. The van der Waals surface area contributed by atoms with Gasteiger partial charge >= 0.3 is 0 Å². The van der Waals surface area contributed by atoms with E-state index in [0.29, 0.717) is 19.1 Å². The van der Waals surface area contributed by atoms with E-state index < -0.39 is 0 Å². The molecule has 3 unspecified atom stereocenters. The summed E-state index contributed by atoms with van der Waals surface area (Å²) in [6, 6.07) is 0.385. The molecule has 0 bridgehead atoms. The molecule has 3 atom stereocenters. The highest BCUT2D eigenvalue weighted by Crippen LogP contribution is 2.18. The summed E-state index contributed by atoms with van der Waals surface area (Å²) in [4.78, 5) is 4.34. The fraction of sp³-hybridized carbons (Fsp3) is 1.00. The number of likely N-dealkylation sites (tertiary alicyclic amines) is 1. The standard InChI is InChI=1S/C11H24N2O2/c1-4-10(14)7-13-8-11(15)5-9(13)6-12(2)3/h9-11,14-15H,4-8H2,1-3H3. The van der Waals surface area contributed by atoms with Crippen molar-refractivity contribution in [2.75, 3.05) is 33.7 Å². The number of rotatable bonds is 5. The van der Waals surface area contributed by atoms with Crippen molar-refractivity contribution in [1.29, 1.82) is 0 Å². The summed E-state index contributed by atoms with van der Waals surface area (Å²) in [5, 5.41) is 19.2. The highest BCUT2D eigenvalue weighted by Gasteiger charge is 2.31. The lowest BCUT2D eigenvalue weighted by Gasteiger charge is -2.28. The van der Waals surface area contributed by atoms with Crippen LogP contribution >= 0.6 is 0 Å². The van der Waals surface area contributed by atoms with Gasteiger partial charge in [0.1, 0.15) is 0 Å².